The maximum Gasteiger partial charge on any atom is 0.296 e. The fourth-order valence-electron chi connectivity index (χ4n) is 2.10. The van der Waals surface area contributed by atoms with E-state index in [0.717, 1.165) is 16.5 Å². The SMILES string of the molecule is Clc1cc(Cl)c2oc(NCc3csc(-c4ccco4)n3)nc2c1. The van der Waals surface area contributed by atoms with Crippen LogP contribution in [0, 0.1) is 0 Å². The van der Waals surface area contributed by atoms with Gasteiger partial charge in [0.05, 0.1) is 23.5 Å². The van der Waals surface area contributed by atoms with Crippen LogP contribution in [0.5, 0.6) is 0 Å². The summed E-state index contributed by atoms with van der Waals surface area (Å²) in [6.07, 6.45) is 1.63. The number of benzene rings is 1. The monoisotopic (exact) mass is 365 g/mol. The summed E-state index contributed by atoms with van der Waals surface area (Å²) in [5.41, 5.74) is 1.99. The van der Waals surface area contributed by atoms with Crippen LogP contribution in [0.25, 0.3) is 21.9 Å². The van der Waals surface area contributed by atoms with Crippen molar-refractivity contribution in [2.24, 2.45) is 0 Å². The Morgan fingerprint density at radius 3 is 2.96 bits per heavy atom. The predicted octanol–water partition coefficient (Wildman–Crippen LogP) is 5.46. The van der Waals surface area contributed by atoms with Crippen LogP contribution in [0.15, 0.2) is 44.7 Å². The highest BCUT2D eigenvalue weighted by molar-refractivity contribution is 7.13. The molecule has 0 saturated carbocycles. The number of aromatic nitrogens is 2. The van der Waals surface area contributed by atoms with Crippen molar-refractivity contribution in [2.45, 2.75) is 6.54 Å². The Kier molecular flexibility index (Phi) is 3.72. The van der Waals surface area contributed by atoms with E-state index in [1.54, 1.807) is 18.4 Å². The van der Waals surface area contributed by atoms with Gasteiger partial charge in [0.2, 0.25) is 0 Å². The van der Waals surface area contributed by atoms with Crippen molar-refractivity contribution in [1.82, 2.24) is 9.97 Å². The minimum atomic E-state index is 0.372. The van der Waals surface area contributed by atoms with Gasteiger partial charge in [0.1, 0.15) is 5.52 Å². The molecule has 5 nitrogen and oxygen atoms in total. The van der Waals surface area contributed by atoms with Gasteiger partial charge in [-0.1, -0.05) is 23.2 Å². The fourth-order valence-corrected chi connectivity index (χ4v) is 3.41. The van der Waals surface area contributed by atoms with Crippen LogP contribution in [0.2, 0.25) is 10.0 Å². The van der Waals surface area contributed by atoms with Crippen LogP contribution in [-0.4, -0.2) is 9.97 Å². The van der Waals surface area contributed by atoms with E-state index in [9.17, 15) is 0 Å². The first-order chi connectivity index (χ1) is 11.2. The number of rotatable bonds is 4. The summed E-state index contributed by atoms with van der Waals surface area (Å²) in [7, 11) is 0. The van der Waals surface area contributed by atoms with E-state index in [0.29, 0.717) is 33.7 Å². The van der Waals surface area contributed by atoms with Crippen molar-refractivity contribution in [3.63, 3.8) is 0 Å². The van der Waals surface area contributed by atoms with Gasteiger partial charge < -0.3 is 14.2 Å². The maximum absolute atomic E-state index is 6.09. The van der Waals surface area contributed by atoms with Gasteiger partial charge in [0, 0.05) is 10.4 Å². The molecule has 4 rings (SSSR count). The van der Waals surface area contributed by atoms with Gasteiger partial charge in [-0.15, -0.1) is 11.3 Å². The molecule has 0 amide bonds. The summed E-state index contributed by atoms with van der Waals surface area (Å²) in [5.74, 6) is 0.754. The maximum atomic E-state index is 6.09. The van der Waals surface area contributed by atoms with Gasteiger partial charge in [-0.3, -0.25) is 0 Å². The Morgan fingerprint density at radius 2 is 2.13 bits per heavy atom. The number of thiazole rings is 1. The zero-order valence-corrected chi connectivity index (χ0v) is 13.9. The molecule has 0 atom stereocenters. The molecule has 0 saturated heterocycles. The van der Waals surface area contributed by atoms with Crippen molar-refractivity contribution in [3.8, 4) is 10.8 Å². The third kappa shape index (κ3) is 2.93. The first kappa shape index (κ1) is 14.6. The molecule has 23 heavy (non-hydrogen) atoms. The molecule has 0 bridgehead atoms. The summed E-state index contributed by atoms with van der Waals surface area (Å²) in [6.45, 7) is 0.482. The Bertz CT molecular complexity index is 963. The highest BCUT2D eigenvalue weighted by Gasteiger charge is 2.12. The van der Waals surface area contributed by atoms with Crippen molar-refractivity contribution in [2.75, 3.05) is 5.32 Å². The normalized spacial score (nSPS) is 11.2. The zero-order valence-electron chi connectivity index (χ0n) is 11.5. The van der Waals surface area contributed by atoms with E-state index in [2.05, 4.69) is 15.3 Å². The van der Waals surface area contributed by atoms with E-state index >= 15 is 0 Å². The number of oxazole rings is 1. The van der Waals surface area contributed by atoms with Crippen LogP contribution in [-0.2, 0) is 6.54 Å². The Hall–Kier alpha value is -2.02. The van der Waals surface area contributed by atoms with Gasteiger partial charge in [0.15, 0.2) is 16.4 Å². The minimum absolute atomic E-state index is 0.372. The van der Waals surface area contributed by atoms with Gasteiger partial charge >= 0.3 is 0 Å². The summed E-state index contributed by atoms with van der Waals surface area (Å²) in [6, 6.07) is 7.41. The van der Waals surface area contributed by atoms with Crippen LogP contribution in [0.4, 0.5) is 6.01 Å². The van der Waals surface area contributed by atoms with Crippen LogP contribution in [0.3, 0.4) is 0 Å². The second kappa shape index (κ2) is 5.88. The number of fused-ring (bicyclic) bond motifs is 1. The summed E-state index contributed by atoms with van der Waals surface area (Å²) in [5, 5.41) is 6.83. The van der Waals surface area contributed by atoms with Gasteiger partial charge in [-0.2, -0.15) is 4.98 Å². The fraction of sp³-hybridized carbons (Fsp3) is 0.0667. The number of hydrogen-bond acceptors (Lipinski definition) is 6. The topological polar surface area (TPSA) is 64.1 Å². The number of hydrogen-bond donors (Lipinski definition) is 1. The third-order valence-electron chi connectivity index (χ3n) is 3.11. The molecule has 0 aliphatic carbocycles. The predicted molar refractivity (Wildman–Crippen MR) is 91.2 cm³/mol. The quantitative estimate of drug-likeness (QED) is 0.519. The third-order valence-corrected chi connectivity index (χ3v) is 4.52. The summed E-state index contributed by atoms with van der Waals surface area (Å²) in [4.78, 5) is 8.82. The molecule has 116 valence electrons. The molecule has 1 aromatic carbocycles. The second-order valence-corrected chi connectivity index (χ2v) is 6.43. The van der Waals surface area contributed by atoms with Crippen LogP contribution >= 0.6 is 34.5 Å². The highest BCUT2D eigenvalue weighted by atomic mass is 35.5. The zero-order chi connectivity index (χ0) is 15.8. The lowest BCUT2D eigenvalue weighted by molar-refractivity contribution is 0.581. The Labute approximate surface area is 144 Å². The van der Waals surface area contributed by atoms with E-state index in [-0.39, 0.29) is 0 Å². The lowest BCUT2D eigenvalue weighted by Crippen LogP contribution is -1.99. The van der Waals surface area contributed by atoms with Crippen molar-refractivity contribution in [1.29, 1.82) is 0 Å². The average Bonchev–Trinajstić information content (AvgIpc) is 3.24. The van der Waals surface area contributed by atoms with E-state index < -0.39 is 0 Å². The number of nitrogens with one attached hydrogen (secondary N) is 1. The Morgan fingerprint density at radius 1 is 1.22 bits per heavy atom. The number of nitrogens with zero attached hydrogens (tertiary/aromatic N) is 2. The van der Waals surface area contributed by atoms with Gasteiger partial charge in [0.25, 0.3) is 6.01 Å². The largest absolute Gasteiger partial charge is 0.462 e. The lowest BCUT2D eigenvalue weighted by Gasteiger charge is -1.97. The van der Waals surface area contributed by atoms with E-state index in [4.69, 9.17) is 32.0 Å². The molecule has 0 aliphatic heterocycles. The number of anilines is 1. The molecule has 0 unspecified atom stereocenters. The summed E-state index contributed by atoms with van der Waals surface area (Å²) >= 11 is 13.6. The lowest BCUT2D eigenvalue weighted by atomic mass is 10.3. The molecule has 1 N–H and O–H groups in total. The van der Waals surface area contributed by atoms with Crippen LogP contribution < -0.4 is 5.32 Å². The van der Waals surface area contributed by atoms with Crippen molar-refractivity contribution in [3.05, 3.63) is 51.6 Å². The molecule has 8 heteroatoms. The van der Waals surface area contributed by atoms with Gasteiger partial charge in [-0.05, 0) is 24.3 Å². The average molecular weight is 366 g/mol. The molecule has 3 aromatic heterocycles. The molecular weight excluding hydrogens is 357 g/mol. The first-order valence-corrected chi connectivity index (χ1v) is 8.30. The molecule has 0 aliphatic rings. The number of furan rings is 1. The smallest absolute Gasteiger partial charge is 0.296 e. The molecule has 4 aromatic rings. The highest BCUT2D eigenvalue weighted by Crippen LogP contribution is 2.30. The standard InChI is InChI=1S/C15H9Cl2N3O2S/c16-8-4-10(17)13-11(5-8)20-15(22-13)18-6-9-7-23-14(19-9)12-2-1-3-21-12/h1-5,7H,6H2,(H,18,20). The van der Waals surface area contributed by atoms with Crippen LogP contribution in [0.1, 0.15) is 5.69 Å². The van der Waals surface area contributed by atoms with E-state index in [1.807, 2.05) is 17.5 Å². The molecule has 0 fully saturated rings. The van der Waals surface area contributed by atoms with Crippen molar-refractivity contribution >= 4 is 51.7 Å². The molecule has 0 radical (unpaired) electrons. The van der Waals surface area contributed by atoms with Crippen molar-refractivity contribution < 1.29 is 8.83 Å². The molecular formula is C15H9Cl2N3O2S. The van der Waals surface area contributed by atoms with Gasteiger partial charge in [-0.25, -0.2) is 4.98 Å². The number of halogens is 2. The summed E-state index contributed by atoms with van der Waals surface area (Å²) < 4.78 is 10.9. The molecule has 3 heterocycles. The Balaban J connectivity index is 1.52. The van der Waals surface area contributed by atoms with E-state index in [1.165, 1.54) is 11.3 Å². The first-order valence-electron chi connectivity index (χ1n) is 6.67. The second-order valence-electron chi connectivity index (χ2n) is 4.73. The minimum Gasteiger partial charge on any atom is -0.462 e. The molecule has 0 spiro atoms.